The number of nitrogens with zero attached hydrogens (tertiary/aromatic N) is 3. The highest BCUT2D eigenvalue weighted by Crippen LogP contribution is 2.30. The van der Waals surface area contributed by atoms with Crippen molar-refractivity contribution in [1.29, 1.82) is 0 Å². The van der Waals surface area contributed by atoms with Gasteiger partial charge in [-0.25, -0.2) is 15.0 Å². The van der Waals surface area contributed by atoms with E-state index in [1.165, 1.54) is 12.3 Å². The zero-order valence-electron chi connectivity index (χ0n) is 8.85. The van der Waals surface area contributed by atoms with E-state index >= 15 is 0 Å². The average molecular weight is 272 g/mol. The molecule has 8 heteroatoms. The minimum Gasteiger partial charge on any atom is -0.384 e. The Morgan fingerprint density at radius 3 is 2.50 bits per heavy atom. The van der Waals surface area contributed by atoms with Gasteiger partial charge in [0, 0.05) is 12.3 Å². The van der Waals surface area contributed by atoms with E-state index in [2.05, 4.69) is 15.0 Å². The number of rotatable bonds is 2. The van der Waals surface area contributed by atoms with Gasteiger partial charge in [0.1, 0.15) is 15.9 Å². The second kappa shape index (κ2) is 4.81. The summed E-state index contributed by atoms with van der Waals surface area (Å²) in [6, 6.07) is 6.37. The lowest BCUT2D eigenvalue weighted by Crippen LogP contribution is -2.12. The fraction of sp³-hybridized carbons (Fsp3) is 0.100. The highest BCUT2D eigenvalue weighted by molar-refractivity contribution is 7.99. The van der Waals surface area contributed by atoms with Crippen LogP contribution in [0.1, 0.15) is 5.82 Å². The number of aromatic nitrogens is 3. The minimum absolute atomic E-state index is 0.105. The summed E-state index contributed by atoms with van der Waals surface area (Å²) in [4.78, 5) is 10.5. The normalized spacial score (nSPS) is 11.5. The molecule has 0 aliphatic heterocycles. The zero-order chi connectivity index (χ0) is 13.2. The molecule has 0 saturated heterocycles. The molecular formula is C10H7F3N4S. The van der Waals surface area contributed by atoms with E-state index in [1.807, 2.05) is 0 Å². The summed E-state index contributed by atoms with van der Waals surface area (Å²) >= 11 is 0.990. The third kappa shape index (κ3) is 3.10. The maximum absolute atomic E-state index is 12.5. The first-order valence-electron chi connectivity index (χ1n) is 4.76. The maximum atomic E-state index is 12.5. The molecule has 0 unspecified atom stereocenters. The van der Waals surface area contributed by atoms with Crippen molar-refractivity contribution in [3.8, 4) is 0 Å². The third-order valence-corrected chi connectivity index (χ3v) is 2.69. The lowest BCUT2D eigenvalue weighted by Gasteiger charge is -2.07. The lowest BCUT2D eigenvalue weighted by molar-refractivity contribution is -0.145. The third-order valence-electron chi connectivity index (χ3n) is 1.82. The van der Waals surface area contributed by atoms with Crippen molar-refractivity contribution in [2.24, 2.45) is 0 Å². The molecule has 94 valence electrons. The SMILES string of the molecule is Nc1cc(Sc2ccccn2)nc(C(F)(F)F)n1. The maximum Gasteiger partial charge on any atom is 0.451 e. The Bertz CT molecular complexity index is 545. The molecule has 2 N–H and O–H groups in total. The average Bonchev–Trinajstić information content (AvgIpc) is 2.28. The van der Waals surface area contributed by atoms with Crippen molar-refractivity contribution < 1.29 is 13.2 Å². The number of nitrogens with two attached hydrogens (primary N) is 1. The second-order valence-corrected chi connectivity index (χ2v) is 4.26. The van der Waals surface area contributed by atoms with Gasteiger partial charge in [0.2, 0.25) is 5.82 Å². The highest BCUT2D eigenvalue weighted by atomic mass is 32.2. The van der Waals surface area contributed by atoms with Gasteiger partial charge in [0.05, 0.1) is 0 Å². The molecular weight excluding hydrogens is 265 g/mol. The summed E-state index contributed by atoms with van der Waals surface area (Å²) < 4.78 is 37.4. The molecule has 0 aliphatic carbocycles. The fourth-order valence-electron chi connectivity index (χ4n) is 1.14. The predicted molar refractivity (Wildman–Crippen MR) is 59.8 cm³/mol. The van der Waals surface area contributed by atoms with Gasteiger partial charge in [0.15, 0.2) is 0 Å². The van der Waals surface area contributed by atoms with Crippen LogP contribution in [0.2, 0.25) is 0 Å². The Balaban J connectivity index is 2.32. The topological polar surface area (TPSA) is 64.7 Å². The van der Waals surface area contributed by atoms with Gasteiger partial charge < -0.3 is 5.73 Å². The predicted octanol–water partition coefficient (Wildman–Crippen LogP) is 2.62. The van der Waals surface area contributed by atoms with Gasteiger partial charge in [-0.3, -0.25) is 0 Å². The molecule has 2 aromatic heterocycles. The molecule has 0 aliphatic rings. The van der Waals surface area contributed by atoms with Crippen LogP contribution in [0.4, 0.5) is 19.0 Å². The summed E-state index contributed by atoms with van der Waals surface area (Å²) in [5.74, 6) is -1.48. The van der Waals surface area contributed by atoms with Crippen LogP contribution in [0.5, 0.6) is 0 Å². The summed E-state index contributed by atoms with van der Waals surface area (Å²) in [5.41, 5.74) is 5.32. The Morgan fingerprint density at radius 2 is 1.89 bits per heavy atom. The van der Waals surface area contributed by atoms with Crippen molar-refractivity contribution in [2.45, 2.75) is 16.2 Å². The Labute approximate surface area is 104 Å². The van der Waals surface area contributed by atoms with E-state index < -0.39 is 12.0 Å². The zero-order valence-corrected chi connectivity index (χ0v) is 9.66. The van der Waals surface area contributed by atoms with Gasteiger partial charge in [-0.05, 0) is 23.9 Å². The Morgan fingerprint density at radius 1 is 1.11 bits per heavy atom. The lowest BCUT2D eigenvalue weighted by atomic mass is 10.5. The van der Waals surface area contributed by atoms with Crippen LogP contribution in [0.3, 0.4) is 0 Å². The standard InChI is InChI=1S/C10H7F3N4S/c11-10(12,13)9-16-6(14)5-8(17-9)18-7-3-1-2-4-15-7/h1-5H,(H2,14,16,17). The van der Waals surface area contributed by atoms with E-state index in [1.54, 1.807) is 18.2 Å². The molecule has 0 saturated carbocycles. The summed E-state index contributed by atoms with van der Waals surface area (Å²) in [6.07, 6.45) is -3.08. The van der Waals surface area contributed by atoms with Crippen LogP contribution in [0.15, 0.2) is 40.5 Å². The molecule has 2 rings (SSSR count). The van der Waals surface area contributed by atoms with E-state index in [9.17, 15) is 13.2 Å². The monoisotopic (exact) mass is 272 g/mol. The van der Waals surface area contributed by atoms with Crippen LogP contribution in [-0.2, 0) is 6.18 Å². The number of hydrogen-bond acceptors (Lipinski definition) is 5. The van der Waals surface area contributed by atoms with Gasteiger partial charge in [0.25, 0.3) is 0 Å². The quantitative estimate of drug-likeness (QED) is 0.851. The largest absolute Gasteiger partial charge is 0.451 e. The van der Waals surface area contributed by atoms with Crippen molar-refractivity contribution >= 4 is 17.6 Å². The van der Waals surface area contributed by atoms with Gasteiger partial charge in [-0.15, -0.1) is 0 Å². The van der Waals surface area contributed by atoms with Gasteiger partial charge in [-0.1, -0.05) is 6.07 Å². The number of anilines is 1. The first kappa shape index (κ1) is 12.6. The molecule has 0 fully saturated rings. The van der Waals surface area contributed by atoms with Crippen molar-refractivity contribution in [3.63, 3.8) is 0 Å². The van der Waals surface area contributed by atoms with Gasteiger partial charge >= 0.3 is 6.18 Å². The summed E-state index contributed by atoms with van der Waals surface area (Å²) in [7, 11) is 0. The van der Waals surface area contributed by atoms with E-state index in [0.29, 0.717) is 5.03 Å². The first-order valence-corrected chi connectivity index (χ1v) is 5.57. The smallest absolute Gasteiger partial charge is 0.384 e. The number of alkyl halides is 3. The number of nitrogen functional groups attached to an aromatic ring is 1. The van der Waals surface area contributed by atoms with E-state index in [-0.39, 0.29) is 10.8 Å². The van der Waals surface area contributed by atoms with Gasteiger partial charge in [-0.2, -0.15) is 13.2 Å². The van der Waals surface area contributed by atoms with Crippen LogP contribution < -0.4 is 5.73 Å². The van der Waals surface area contributed by atoms with Crippen LogP contribution in [0, 0.1) is 0 Å². The van der Waals surface area contributed by atoms with Crippen molar-refractivity contribution in [2.75, 3.05) is 5.73 Å². The number of halogens is 3. The summed E-state index contributed by atoms with van der Waals surface area (Å²) in [6.45, 7) is 0. The summed E-state index contributed by atoms with van der Waals surface area (Å²) in [5, 5.41) is 0.636. The van der Waals surface area contributed by atoms with Crippen LogP contribution in [0.25, 0.3) is 0 Å². The van der Waals surface area contributed by atoms with Crippen LogP contribution in [-0.4, -0.2) is 15.0 Å². The van der Waals surface area contributed by atoms with E-state index in [0.717, 1.165) is 11.8 Å². The number of pyridine rings is 1. The Kier molecular flexibility index (Phi) is 3.37. The number of hydrogen-bond donors (Lipinski definition) is 1. The molecule has 4 nitrogen and oxygen atoms in total. The second-order valence-electron chi connectivity index (χ2n) is 3.22. The molecule has 18 heavy (non-hydrogen) atoms. The molecule has 0 atom stereocenters. The highest BCUT2D eigenvalue weighted by Gasteiger charge is 2.35. The molecule has 0 bridgehead atoms. The molecule has 2 heterocycles. The molecule has 2 aromatic rings. The Hall–Kier alpha value is -1.83. The first-order chi connectivity index (χ1) is 8.45. The molecule has 0 aromatic carbocycles. The van der Waals surface area contributed by atoms with Crippen LogP contribution >= 0.6 is 11.8 Å². The van der Waals surface area contributed by atoms with E-state index in [4.69, 9.17) is 5.73 Å². The van der Waals surface area contributed by atoms with Crippen molar-refractivity contribution in [3.05, 3.63) is 36.3 Å². The van der Waals surface area contributed by atoms with Crippen molar-refractivity contribution in [1.82, 2.24) is 15.0 Å². The fourth-order valence-corrected chi connectivity index (χ4v) is 1.92. The molecule has 0 spiro atoms. The minimum atomic E-state index is -4.62. The molecule has 0 radical (unpaired) electrons. The molecule has 0 amide bonds.